The topological polar surface area (TPSA) is 3.24 Å². The van der Waals surface area contributed by atoms with E-state index in [-0.39, 0.29) is 0 Å². The summed E-state index contributed by atoms with van der Waals surface area (Å²) in [6.45, 7) is 0. The Labute approximate surface area is 390 Å². The monoisotopic (exact) mass is 849 g/mol. The fourth-order valence-electron chi connectivity index (χ4n) is 10.6. The van der Waals surface area contributed by atoms with Gasteiger partial charge in [0.05, 0.1) is 11.4 Å². The fraction of sp³-hybridized carbons (Fsp3) is 0. The fourth-order valence-corrected chi connectivity index (χ4v) is 10.6. The maximum atomic E-state index is 2.44. The number of hydrogen-bond donors (Lipinski definition) is 0. The molecule has 0 aliphatic heterocycles. The van der Waals surface area contributed by atoms with Gasteiger partial charge in [0.1, 0.15) is 0 Å². The molecule has 13 aromatic rings. The molecular formula is C66H43N. The standard InChI is InChI=1S/C66H43N/c1-3-17-44(18-4-1)53-38-54(45-19-5-2-6-20-45)40-55(39-53)66-60-30-14-13-29-59(60)65(61-42-48-23-7-8-24-49(48)43-62(61)66)52-34-33-51-41-56(36-35-50(51)37-52)67(63-31-15-25-46-21-9-11-27-57(46)63)64-32-16-26-47-22-10-12-28-58(47)64/h1-43H. The van der Waals surface area contributed by atoms with E-state index in [1.165, 1.54) is 109 Å². The van der Waals surface area contributed by atoms with Gasteiger partial charge in [-0.1, -0.05) is 200 Å². The van der Waals surface area contributed by atoms with Crippen LogP contribution in [0.1, 0.15) is 0 Å². The normalized spacial score (nSPS) is 11.6. The Balaban J connectivity index is 1.03. The average Bonchev–Trinajstić information content (AvgIpc) is 3.40. The Morgan fingerprint density at radius 1 is 0.194 bits per heavy atom. The lowest BCUT2D eigenvalue weighted by Crippen LogP contribution is -2.11. The van der Waals surface area contributed by atoms with Crippen molar-refractivity contribution >= 4 is 81.7 Å². The molecule has 1 nitrogen and oxygen atoms in total. The minimum absolute atomic E-state index is 1.12. The highest BCUT2D eigenvalue weighted by molar-refractivity contribution is 6.24. The minimum Gasteiger partial charge on any atom is -0.309 e. The molecule has 0 radical (unpaired) electrons. The van der Waals surface area contributed by atoms with E-state index in [2.05, 4.69) is 266 Å². The lowest BCUT2D eigenvalue weighted by Gasteiger charge is -2.28. The highest BCUT2D eigenvalue weighted by Gasteiger charge is 2.21. The molecule has 0 saturated heterocycles. The van der Waals surface area contributed by atoms with Gasteiger partial charge >= 0.3 is 0 Å². The van der Waals surface area contributed by atoms with Crippen LogP contribution in [-0.4, -0.2) is 0 Å². The lowest BCUT2D eigenvalue weighted by atomic mass is 9.83. The van der Waals surface area contributed by atoms with Gasteiger partial charge in [-0.15, -0.1) is 0 Å². The molecule has 312 valence electrons. The molecule has 0 aromatic heterocycles. The van der Waals surface area contributed by atoms with Crippen LogP contribution in [0, 0.1) is 0 Å². The summed E-state index contributed by atoms with van der Waals surface area (Å²) in [6, 6.07) is 96.1. The summed E-state index contributed by atoms with van der Waals surface area (Å²) < 4.78 is 0. The first kappa shape index (κ1) is 38.7. The van der Waals surface area contributed by atoms with Gasteiger partial charge in [-0.25, -0.2) is 0 Å². The van der Waals surface area contributed by atoms with Crippen LogP contribution in [0.4, 0.5) is 17.1 Å². The first-order valence-corrected chi connectivity index (χ1v) is 23.2. The second-order valence-corrected chi connectivity index (χ2v) is 17.6. The molecule has 0 fully saturated rings. The van der Waals surface area contributed by atoms with Crippen LogP contribution in [0.5, 0.6) is 0 Å². The maximum absolute atomic E-state index is 2.44. The summed E-state index contributed by atoms with van der Waals surface area (Å²) in [5.74, 6) is 0. The van der Waals surface area contributed by atoms with Crippen molar-refractivity contribution in [2.24, 2.45) is 0 Å². The predicted octanol–water partition coefficient (Wildman–Crippen LogP) is 18.7. The Hall–Kier alpha value is -8.78. The molecule has 1 heteroatoms. The van der Waals surface area contributed by atoms with Gasteiger partial charge in [-0.05, 0) is 159 Å². The zero-order chi connectivity index (χ0) is 44.3. The quantitative estimate of drug-likeness (QED) is 0.144. The van der Waals surface area contributed by atoms with E-state index in [0.717, 1.165) is 17.1 Å². The van der Waals surface area contributed by atoms with Crippen molar-refractivity contribution < 1.29 is 0 Å². The molecule has 0 aliphatic rings. The van der Waals surface area contributed by atoms with Gasteiger partial charge in [0.15, 0.2) is 0 Å². The van der Waals surface area contributed by atoms with Gasteiger partial charge in [0, 0.05) is 16.5 Å². The second kappa shape index (κ2) is 16.0. The van der Waals surface area contributed by atoms with E-state index in [1.807, 2.05) is 0 Å². The molecule has 13 aromatic carbocycles. The van der Waals surface area contributed by atoms with Crippen molar-refractivity contribution in [2.75, 3.05) is 4.90 Å². The van der Waals surface area contributed by atoms with E-state index < -0.39 is 0 Å². The first-order chi connectivity index (χ1) is 33.2. The summed E-state index contributed by atoms with van der Waals surface area (Å²) in [7, 11) is 0. The smallest absolute Gasteiger partial charge is 0.0540 e. The van der Waals surface area contributed by atoms with Gasteiger partial charge < -0.3 is 4.90 Å². The number of rotatable bonds is 7. The van der Waals surface area contributed by atoms with Crippen LogP contribution >= 0.6 is 0 Å². The predicted molar refractivity (Wildman–Crippen MR) is 288 cm³/mol. The van der Waals surface area contributed by atoms with Gasteiger partial charge in [0.2, 0.25) is 0 Å². The molecule has 0 spiro atoms. The number of benzene rings is 13. The third kappa shape index (κ3) is 6.71. The largest absolute Gasteiger partial charge is 0.309 e. The van der Waals surface area contributed by atoms with Gasteiger partial charge in [0.25, 0.3) is 0 Å². The van der Waals surface area contributed by atoms with E-state index in [4.69, 9.17) is 0 Å². The molecule has 0 aliphatic carbocycles. The molecule has 0 saturated carbocycles. The van der Waals surface area contributed by atoms with Crippen LogP contribution in [-0.2, 0) is 0 Å². The van der Waals surface area contributed by atoms with Gasteiger partial charge in [-0.3, -0.25) is 0 Å². The van der Waals surface area contributed by atoms with Crippen molar-refractivity contribution in [1.82, 2.24) is 0 Å². The second-order valence-electron chi connectivity index (χ2n) is 17.6. The Morgan fingerprint density at radius 3 is 1.15 bits per heavy atom. The number of hydrogen-bond acceptors (Lipinski definition) is 1. The Bertz CT molecular complexity index is 3890. The summed E-state index contributed by atoms with van der Waals surface area (Å²) >= 11 is 0. The van der Waals surface area contributed by atoms with Crippen LogP contribution in [0.25, 0.3) is 109 Å². The molecule has 67 heavy (non-hydrogen) atoms. The summed E-state index contributed by atoms with van der Waals surface area (Å²) in [5.41, 5.74) is 13.1. The molecular weight excluding hydrogens is 807 g/mol. The van der Waals surface area contributed by atoms with Gasteiger partial charge in [-0.2, -0.15) is 0 Å². The third-order valence-electron chi connectivity index (χ3n) is 13.7. The zero-order valence-corrected chi connectivity index (χ0v) is 36.8. The lowest BCUT2D eigenvalue weighted by molar-refractivity contribution is 1.32. The zero-order valence-electron chi connectivity index (χ0n) is 36.8. The Kier molecular flexibility index (Phi) is 9.25. The van der Waals surface area contributed by atoms with Crippen LogP contribution in [0.3, 0.4) is 0 Å². The van der Waals surface area contributed by atoms with Crippen molar-refractivity contribution in [1.29, 1.82) is 0 Å². The minimum atomic E-state index is 1.12. The molecule has 0 bridgehead atoms. The molecule has 0 heterocycles. The van der Waals surface area contributed by atoms with Crippen molar-refractivity contribution in [3.63, 3.8) is 0 Å². The van der Waals surface area contributed by atoms with Crippen LogP contribution in [0.2, 0.25) is 0 Å². The molecule has 0 N–H and O–H groups in total. The first-order valence-electron chi connectivity index (χ1n) is 23.2. The summed E-state index contributed by atoms with van der Waals surface area (Å²) in [4.78, 5) is 2.44. The van der Waals surface area contributed by atoms with Crippen molar-refractivity contribution in [2.45, 2.75) is 0 Å². The van der Waals surface area contributed by atoms with E-state index >= 15 is 0 Å². The highest BCUT2D eigenvalue weighted by atomic mass is 15.1. The number of fused-ring (bicyclic) bond motifs is 6. The molecule has 0 amide bonds. The molecule has 13 rings (SSSR count). The number of anilines is 3. The molecule has 0 unspecified atom stereocenters. The SMILES string of the molecule is c1ccc(-c2cc(-c3ccccc3)cc(-c3c4ccccc4c(-c4ccc5cc(N(c6cccc7ccccc67)c6cccc7ccccc67)ccc5c4)c4cc5ccccc5cc34)c2)cc1. The summed E-state index contributed by atoms with van der Waals surface area (Å²) in [5, 5.41) is 14.7. The Morgan fingerprint density at radius 2 is 0.597 bits per heavy atom. The number of nitrogens with zero attached hydrogens (tertiary/aromatic N) is 1. The molecule has 0 atom stereocenters. The highest BCUT2D eigenvalue weighted by Crippen LogP contribution is 2.48. The van der Waals surface area contributed by atoms with Crippen molar-refractivity contribution in [3.8, 4) is 44.5 Å². The van der Waals surface area contributed by atoms with E-state index in [1.54, 1.807) is 0 Å². The van der Waals surface area contributed by atoms with E-state index in [9.17, 15) is 0 Å². The van der Waals surface area contributed by atoms with E-state index in [0.29, 0.717) is 0 Å². The van der Waals surface area contributed by atoms with Crippen molar-refractivity contribution in [3.05, 3.63) is 261 Å². The third-order valence-corrected chi connectivity index (χ3v) is 13.7. The maximum Gasteiger partial charge on any atom is 0.0540 e. The van der Waals surface area contributed by atoms with Crippen LogP contribution < -0.4 is 4.90 Å². The van der Waals surface area contributed by atoms with Crippen LogP contribution in [0.15, 0.2) is 261 Å². The average molecular weight is 850 g/mol. The summed E-state index contributed by atoms with van der Waals surface area (Å²) in [6.07, 6.45) is 0.